The highest BCUT2D eigenvalue weighted by Gasteiger charge is 2.26. The molecule has 0 spiro atoms. The molecule has 1 aromatic heterocycles. The molecule has 1 atom stereocenters. The predicted molar refractivity (Wildman–Crippen MR) is 59.1 cm³/mol. The quantitative estimate of drug-likeness (QED) is 0.866. The molecule has 0 radical (unpaired) electrons. The average Bonchev–Trinajstić information content (AvgIpc) is 2.68. The Balaban J connectivity index is 2.08. The summed E-state index contributed by atoms with van der Waals surface area (Å²) in [5.74, 6) is 1.75. The van der Waals surface area contributed by atoms with Crippen molar-refractivity contribution in [3.63, 3.8) is 0 Å². The molecule has 0 aliphatic carbocycles. The van der Waals surface area contributed by atoms with E-state index in [-0.39, 0.29) is 5.92 Å². The third-order valence-electron chi connectivity index (χ3n) is 3.05. The number of halogens is 1. The molecule has 2 heterocycles. The van der Waals surface area contributed by atoms with Gasteiger partial charge in [0, 0.05) is 25.7 Å². The van der Waals surface area contributed by atoms with Crippen molar-refractivity contribution < 1.29 is 9.15 Å². The Hall–Kier alpha value is -0.510. The molecule has 0 bridgehead atoms. The number of hydrogen-bond donors (Lipinski definition) is 1. The fraction of sp³-hybridized carbons (Fsp3) is 0.636. The Morgan fingerprint density at radius 1 is 1.40 bits per heavy atom. The first kappa shape index (κ1) is 11.0. The van der Waals surface area contributed by atoms with E-state index >= 15 is 0 Å². The van der Waals surface area contributed by atoms with E-state index in [0.717, 1.165) is 31.8 Å². The van der Waals surface area contributed by atoms with Gasteiger partial charge in [-0.1, -0.05) is 0 Å². The van der Waals surface area contributed by atoms with Crippen molar-refractivity contribution in [1.29, 1.82) is 0 Å². The molecule has 84 valence electrons. The molecule has 1 unspecified atom stereocenters. The van der Waals surface area contributed by atoms with Crippen LogP contribution in [-0.4, -0.2) is 19.8 Å². The van der Waals surface area contributed by atoms with Crippen LogP contribution in [0.4, 0.5) is 0 Å². The standard InChI is InChI=1S/C11H16ClNO2/c12-11-2-1-10(15-11)9(7-13)8-3-5-14-6-4-8/h1-2,8-9H,3-7,13H2. The molecule has 1 aliphatic rings. The molecule has 4 heteroatoms. The smallest absolute Gasteiger partial charge is 0.193 e. The van der Waals surface area contributed by atoms with Crippen molar-refractivity contribution in [2.24, 2.45) is 11.7 Å². The predicted octanol–water partition coefficient (Wildman–Crippen LogP) is 2.40. The van der Waals surface area contributed by atoms with E-state index in [0.29, 0.717) is 17.7 Å². The zero-order valence-corrected chi connectivity index (χ0v) is 9.37. The van der Waals surface area contributed by atoms with Gasteiger partial charge in [-0.2, -0.15) is 0 Å². The normalized spacial score (nSPS) is 20.4. The molecule has 1 saturated heterocycles. The van der Waals surface area contributed by atoms with E-state index in [1.165, 1.54) is 0 Å². The summed E-state index contributed by atoms with van der Waals surface area (Å²) in [6.07, 6.45) is 2.11. The summed E-state index contributed by atoms with van der Waals surface area (Å²) in [7, 11) is 0. The second kappa shape index (κ2) is 5.01. The SMILES string of the molecule is NCC(c1ccc(Cl)o1)C1CCOCC1. The van der Waals surface area contributed by atoms with Crippen LogP contribution in [0.3, 0.4) is 0 Å². The molecule has 1 aromatic rings. The minimum absolute atomic E-state index is 0.279. The van der Waals surface area contributed by atoms with Gasteiger partial charge in [-0.15, -0.1) is 0 Å². The summed E-state index contributed by atoms with van der Waals surface area (Å²) in [5, 5.41) is 0.440. The third kappa shape index (κ3) is 2.54. The Kier molecular flexibility index (Phi) is 3.67. The van der Waals surface area contributed by atoms with Crippen LogP contribution in [0.15, 0.2) is 16.5 Å². The highest BCUT2D eigenvalue weighted by atomic mass is 35.5. The first-order valence-corrected chi connectivity index (χ1v) is 5.72. The van der Waals surface area contributed by atoms with Crippen molar-refractivity contribution in [3.05, 3.63) is 23.1 Å². The Morgan fingerprint density at radius 2 is 2.13 bits per heavy atom. The summed E-state index contributed by atoms with van der Waals surface area (Å²) in [6.45, 7) is 2.26. The van der Waals surface area contributed by atoms with Crippen molar-refractivity contribution in [1.82, 2.24) is 0 Å². The lowest BCUT2D eigenvalue weighted by Gasteiger charge is -2.28. The van der Waals surface area contributed by atoms with E-state index in [1.54, 1.807) is 6.07 Å². The van der Waals surface area contributed by atoms with Gasteiger partial charge in [-0.25, -0.2) is 0 Å². The highest BCUT2D eigenvalue weighted by molar-refractivity contribution is 6.28. The molecule has 2 rings (SSSR count). The van der Waals surface area contributed by atoms with Crippen molar-refractivity contribution in [2.75, 3.05) is 19.8 Å². The lowest BCUT2D eigenvalue weighted by Crippen LogP contribution is -2.26. The number of ether oxygens (including phenoxy) is 1. The van der Waals surface area contributed by atoms with Gasteiger partial charge in [0.25, 0.3) is 0 Å². The lowest BCUT2D eigenvalue weighted by atomic mass is 9.84. The van der Waals surface area contributed by atoms with Gasteiger partial charge in [0.1, 0.15) is 5.76 Å². The van der Waals surface area contributed by atoms with Crippen LogP contribution in [-0.2, 0) is 4.74 Å². The Labute approximate surface area is 94.5 Å². The van der Waals surface area contributed by atoms with Gasteiger partial charge in [0.15, 0.2) is 5.22 Å². The van der Waals surface area contributed by atoms with Crippen LogP contribution in [0.1, 0.15) is 24.5 Å². The van der Waals surface area contributed by atoms with E-state index in [2.05, 4.69) is 0 Å². The molecule has 15 heavy (non-hydrogen) atoms. The first-order valence-electron chi connectivity index (χ1n) is 5.34. The monoisotopic (exact) mass is 229 g/mol. The van der Waals surface area contributed by atoms with Gasteiger partial charge in [-0.05, 0) is 42.5 Å². The molecule has 1 aliphatic heterocycles. The van der Waals surface area contributed by atoms with Crippen LogP contribution in [0.5, 0.6) is 0 Å². The minimum Gasteiger partial charge on any atom is -0.449 e. The van der Waals surface area contributed by atoms with Gasteiger partial charge < -0.3 is 14.9 Å². The van der Waals surface area contributed by atoms with Crippen LogP contribution >= 0.6 is 11.6 Å². The van der Waals surface area contributed by atoms with E-state index in [1.807, 2.05) is 6.07 Å². The third-order valence-corrected chi connectivity index (χ3v) is 3.25. The number of hydrogen-bond acceptors (Lipinski definition) is 3. The van der Waals surface area contributed by atoms with Gasteiger partial charge in [-0.3, -0.25) is 0 Å². The molecular formula is C11H16ClNO2. The maximum Gasteiger partial charge on any atom is 0.193 e. The maximum absolute atomic E-state index is 5.80. The highest BCUT2D eigenvalue weighted by Crippen LogP contribution is 2.33. The fourth-order valence-corrected chi connectivity index (χ4v) is 2.34. The lowest BCUT2D eigenvalue weighted by molar-refractivity contribution is 0.0563. The zero-order chi connectivity index (χ0) is 10.7. The van der Waals surface area contributed by atoms with Crippen LogP contribution in [0.2, 0.25) is 5.22 Å². The number of rotatable bonds is 3. The molecular weight excluding hydrogens is 214 g/mol. The maximum atomic E-state index is 5.80. The van der Waals surface area contributed by atoms with Gasteiger partial charge in [0.05, 0.1) is 0 Å². The molecule has 0 saturated carbocycles. The zero-order valence-electron chi connectivity index (χ0n) is 8.62. The van der Waals surface area contributed by atoms with Crippen molar-refractivity contribution >= 4 is 11.6 Å². The summed E-state index contributed by atoms with van der Waals surface area (Å²) in [4.78, 5) is 0. The minimum atomic E-state index is 0.279. The Bertz CT molecular complexity index is 307. The topological polar surface area (TPSA) is 48.4 Å². The van der Waals surface area contributed by atoms with E-state index < -0.39 is 0 Å². The summed E-state index contributed by atoms with van der Waals surface area (Å²) in [5.41, 5.74) is 5.80. The van der Waals surface area contributed by atoms with E-state index in [4.69, 9.17) is 26.5 Å². The molecule has 2 N–H and O–H groups in total. The fourth-order valence-electron chi connectivity index (χ4n) is 2.19. The second-order valence-corrected chi connectivity index (χ2v) is 4.31. The van der Waals surface area contributed by atoms with Crippen LogP contribution in [0.25, 0.3) is 0 Å². The average molecular weight is 230 g/mol. The van der Waals surface area contributed by atoms with Gasteiger partial charge >= 0.3 is 0 Å². The first-order chi connectivity index (χ1) is 7.31. The largest absolute Gasteiger partial charge is 0.449 e. The number of furan rings is 1. The van der Waals surface area contributed by atoms with Crippen molar-refractivity contribution in [3.8, 4) is 0 Å². The van der Waals surface area contributed by atoms with Crippen molar-refractivity contribution in [2.45, 2.75) is 18.8 Å². The molecule has 0 aromatic carbocycles. The second-order valence-electron chi connectivity index (χ2n) is 3.93. The molecule has 0 amide bonds. The summed E-state index contributed by atoms with van der Waals surface area (Å²) in [6, 6.07) is 3.70. The van der Waals surface area contributed by atoms with Gasteiger partial charge in [0.2, 0.25) is 0 Å². The van der Waals surface area contributed by atoms with Crippen LogP contribution in [0, 0.1) is 5.92 Å². The van der Waals surface area contributed by atoms with E-state index in [9.17, 15) is 0 Å². The van der Waals surface area contributed by atoms with Crippen LogP contribution < -0.4 is 5.73 Å². The molecule has 1 fully saturated rings. The Morgan fingerprint density at radius 3 is 2.67 bits per heavy atom. The molecule has 3 nitrogen and oxygen atoms in total. The summed E-state index contributed by atoms with van der Waals surface area (Å²) < 4.78 is 10.8. The summed E-state index contributed by atoms with van der Waals surface area (Å²) >= 11 is 5.77. The number of nitrogens with two attached hydrogens (primary N) is 1.